The summed E-state index contributed by atoms with van der Waals surface area (Å²) in [7, 11) is 0. The molecule has 1 heterocycles. The first-order valence-corrected chi connectivity index (χ1v) is 8.86. The Kier molecular flexibility index (Phi) is 4.79. The van der Waals surface area contributed by atoms with Gasteiger partial charge < -0.3 is 10.5 Å². The Labute approximate surface area is 158 Å². The number of ether oxygens (including phenoxy) is 1. The van der Waals surface area contributed by atoms with Gasteiger partial charge in [0.2, 0.25) is 0 Å². The molecule has 140 valence electrons. The molecule has 0 unspecified atom stereocenters. The quantitative estimate of drug-likeness (QED) is 0.758. The molecule has 0 bridgehead atoms. The number of carbonyl (C=O) groups is 2. The van der Waals surface area contributed by atoms with E-state index in [1.807, 2.05) is 36.4 Å². The molecular weight excluding hydrogens is 340 g/mol. The average molecular weight is 364 g/mol. The van der Waals surface area contributed by atoms with Crippen molar-refractivity contribution in [2.45, 2.75) is 33.1 Å². The highest BCUT2D eigenvalue weighted by Crippen LogP contribution is 2.26. The Morgan fingerprint density at radius 3 is 2.26 bits per heavy atom. The Bertz CT molecular complexity index is 1010. The van der Waals surface area contributed by atoms with Crippen LogP contribution in [0.15, 0.2) is 48.5 Å². The van der Waals surface area contributed by atoms with E-state index in [-0.39, 0.29) is 17.9 Å². The lowest BCUT2D eigenvalue weighted by atomic mass is 9.87. The molecule has 0 aliphatic heterocycles. The van der Waals surface area contributed by atoms with Crippen molar-refractivity contribution in [3.05, 3.63) is 65.4 Å². The van der Waals surface area contributed by atoms with E-state index in [4.69, 9.17) is 10.5 Å². The molecule has 0 saturated heterocycles. The molecule has 2 aromatic carbocycles. The summed E-state index contributed by atoms with van der Waals surface area (Å²) in [6, 6.07) is 15.0. The van der Waals surface area contributed by atoms with Crippen LogP contribution < -0.4 is 10.5 Å². The summed E-state index contributed by atoms with van der Waals surface area (Å²) in [6.45, 7) is 8.01. The predicted octanol–water partition coefficient (Wildman–Crippen LogP) is 4.07. The van der Waals surface area contributed by atoms with Crippen molar-refractivity contribution < 1.29 is 14.3 Å². The van der Waals surface area contributed by atoms with Gasteiger partial charge in [-0.15, -0.1) is 0 Å². The molecule has 0 spiro atoms. The van der Waals surface area contributed by atoms with Crippen LogP contribution in [0.5, 0.6) is 5.75 Å². The molecule has 1 amide bonds. The SMILES string of the molecule is Cc1c(C(N)=O)c2ccccc2n1C(=O)COc1ccc(C(C)(C)C)cc1. The Morgan fingerprint density at radius 1 is 1.04 bits per heavy atom. The van der Waals surface area contributed by atoms with Crippen molar-refractivity contribution in [2.24, 2.45) is 5.73 Å². The van der Waals surface area contributed by atoms with Crippen molar-refractivity contribution in [3.8, 4) is 5.75 Å². The molecule has 0 fully saturated rings. The number of aromatic nitrogens is 1. The maximum absolute atomic E-state index is 12.8. The molecule has 2 N–H and O–H groups in total. The first kappa shape index (κ1) is 18.7. The molecule has 3 rings (SSSR count). The fraction of sp³-hybridized carbons (Fsp3) is 0.273. The van der Waals surface area contributed by atoms with Gasteiger partial charge in [-0.3, -0.25) is 14.2 Å². The molecule has 0 aliphatic rings. The molecule has 0 aliphatic carbocycles. The zero-order valence-corrected chi connectivity index (χ0v) is 16.1. The van der Waals surface area contributed by atoms with Gasteiger partial charge in [0.05, 0.1) is 11.1 Å². The van der Waals surface area contributed by atoms with Crippen LogP contribution in [0.2, 0.25) is 0 Å². The van der Waals surface area contributed by atoms with E-state index in [2.05, 4.69) is 20.8 Å². The number of nitrogens with two attached hydrogens (primary N) is 1. The third-order valence-electron chi connectivity index (χ3n) is 4.69. The number of primary amides is 1. The van der Waals surface area contributed by atoms with Crippen LogP contribution >= 0.6 is 0 Å². The zero-order chi connectivity index (χ0) is 19.8. The number of hydrogen-bond donors (Lipinski definition) is 1. The minimum absolute atomic E-state index is 0.0562. The van der Waals surface area contributed by atoms with Crippen LogP contribution in [0.3, 0.4) is 0 Å². The molecule has 1 aromatic heterocycles. The van der Waals surface area contributed by atoms with Crippen molar-refractivity contribution >= 4 is 22.7 Å². The predicted molar refractivity (Wildman–Crippen MR) is 106 cm³/mol. The first-order valence-electron chi connectivity index (χ1n) is 8.86. The summed E-state index contributed by atoms with van der Waals surface area (Å²) < 4.78 is 7.18. The number of amides is 1. The number of nitrogens with zero attached hydrogens (tertiary/aromatic N) is 1. The highest BCUT2D eigenvalue weighted by Gasteiger charge is 2.21. The number of para-hydroxylation sites is 1. The van der Waals surface area contributed by atoms with Crippen molar-refractivity contribution in [3.63, 3.8) is 0 Å². The van der Waals surface area contributed by atoms with Gasteiger partial charge in [0, 0.05) is 11.1 Å². The van der Waals surface area contributed by atoms with Gasteiger partial charge in [-0.05, 0) is 36.1 Å². The fourth-order valence-electron chi connectivity index (χ4n) is 3.26. The van der Waals surface area contributed by atoms with Crippen LogP contribution in [-0.4, -0.2) is 23.0 Å². The minimum atomic E-state index is -0.547. The number of benzene rings is 2. The molecule has 0 atom stereocenters. The Morgan fingerprint density at radius 2 is 1.67 bits per heavy atom. The summed E-state index contributed by atoms with van der Waals surface area (Å²) in [5.74, 6) is -0.175. The van der Waals surface area contributed by atoms with E-state index < -0.39 is 5.91 Å². The lowest BCUT2D eigenvalue weighted by Gasteiger charge is -2.19. The number of hydrogen-bond acceptors (Lipinski definition) is 3. The number of fused-ring (bicyclic) bond motifs is 1. The molecule has 0 radical (unpaired) electrons. The smallest absolute Gasteiger partial charge is 0.269 e. The minimum Gasteiger partial charge on any atom is -0.484 e. The van der Waals surface area contributed by atoms with Crippen molar-refractivity contribution in [2.75, 3.05) is 6.61 Å². The molecule has 5 heteroatoms. The molecule has 27 heavy (non-hydrogen) atoms. The van der Waals surface area contributed by atoms with E-state index in [1.54, 1.807) is 19.1 Å². The summed E-state index contributed by atoms with van der Waals surface area (Å²) in [5, 5.41) is 0.672. The summed E-state index contributed by atoms with van der Waals surface area (Å²) in [5.41, 5.74) is 8.31. The highest BCUT2D eigenvalue weighted by molar-refractivity contribution is 6.10. The van der Waals surface area contributed by atoms with Crippen molar-refractivity contribution in [1.29, 1.82) is 0 Å². The second-order valence-corrected chi connectivity index (χ2v) is 7.63. The second-order valence-electron chi connectivity index (χ2n) is 7.63. The normalized spacial score (nSPS) is 11.6. The van der Waals surface area contributed by atoms with E-state index in [0.717, 1.165) is 0 Å². The van der Waals surface area contributed by atoms with Gasteiger partial charge in [0.15, 0.2) is 6.61 Å². The van der Waals surface area contributed by atoms with Crippen LogP contribution in [0, 0.1) is 6.92 Å². The van der Waals surface area contributed by atoms with E-state index in [0.29, 0.717) is 27.9 Å². The first-order chi connectivity index (χ1) is 12.7. The van der Waals surface area contributed by atoms with Gasteiger partial charge in [-0.1, -0.05) is 51.1 Å². The van der Waals surface area contributed by atoms with Gasteiger partial charge in [0.1, 0.15) is 5.75 Å². The molecular formula is C22H24N2O3. The third kappa shape index (κ3) is 3.58. The van der Waals surface area contributed by atoms with Gasteiger partial charge in [-0.2, -0.15) is 0 Å². The Balaban J connectivity index is 1.85. The topological polar surface area (TPSA) is 74.3 Å². The van der Waals surface area contributed by atoms with Gasteiger partial charge in [0.25, 0.3) is 11.8 Å². The summed E-state index contributed by atoms with van der Waals surface area (Å²) in [6.07, 6.45) is 0. The van der Waals surface area contributed by atoms with E-state index in [9.17, 15) is 9.59 Å². The summed E-state index contributed by atoms with van der Waals surface area (Å²) >= 11 is 0. The van der Waals surface area contributed by atoms with E-state index in [1.165, 1.54) is 10.1 Å². The fourth-order valence-corrected chi connectivity index (χ4v) is 3.26. The monoisotopic (exact) mass is 364 g/mol. The van der Waals surface area contributed by atoms with Crippen LogP contribution in [0.4, 0.5) is 0 Å². The molecule has 5 nitrogen and oxygen atoms in total. The lowest BCUT2D eigenvalue weighted by Crippen LogP contribution is -2.21. The second kappa shape index (κ2) is 6.91. The zero-order valence-electron chi connectivity index (χ0n) is 16.1. The molecule has 0 saturated carbocycles. The highest BCUT2D eigenvalue weighted by atomic mass is 16.5. The largest absolute Gasteiger partial charge is 0.484 e. The standard InChI is InChI=1S/C22H24N2O3/c1-14-20(21(23)26)17-7-5-6-8-18(17)24(14)19(25)13-27-16-11-9-15(10-12-16)22(2,3)4/h5-12H,13H2,1-4H3,(H2,23,26). The number of carbonyl (C=O) groups excluding carboxylic acids is 2. The maximum Gasteiger partial charge on any atom is 0.269 e. The lowest BCUT2D eigenvalue weighted by molar-refractivity contribution is 0.0841. The van der Waals surface area contributed by atoms with Gasteiger partial charge >= 0.3 is 0 Å². The van der Waals surface area contributed by atoms with E-state index >= 15 is 0 Å². The summed E-state index contributed by atoms with van der Waals surface area (Å²) in [4.78, 5) is 24.6. The number of rotatable bonds is 4. The van der Waals surface area contributed by atoms with Crippen molar-refractivity contribution in [1.82, 2.24) is 4.57 Å². The molecule has 3 aromatic rings. The third-order valence-corrected chi connectivity index (χ3v) is 4.69. The van der Waals surface area contributed by atoms with Crippen LogP contribution in [0.25, 0.3) is 10.9 Å². The maximum atomic E-state index is 12.8. The van der Waals surface area contributed by atoms with Crippen LogP contribution in [-0.2, 0) is 5.41 Å². The van der Waals surface area contributed by atoms with Crippen LogP contribution in [0.1, 0.15) is 47.2 Å². The van der Waals surface area contributed by atoms with Gasteiger partial charge in [-0.25, -0.2) is 0 Å². The average Bonchev–Trinajstić information content (AvgIpc) is 2.91. The Hall–Kier alpha value is -3.08.